The monoisotopic (exact) mass is 300 g/mol. The van der Waals surface area contributed by atoms with Crippen molar-refractivity contribution in [2.75, 3.05) is 7.11 Å². The van der Waals surface area contributed by atoms with Crippen LogP contribution < -0.4 is 4.74 Å². The molecule has 0 aliphatic rings. The molecule has 0 aliphatic heterocycles. The van der Waals surface area contributed by atoms with Crippen molar-refractivity contribution in [3.8, 4) is 5.75 Å². The Hall–Kier alpha value is -1.68. The number of hydrogen-bond donors (Lipinski definition) is 0. The van der Waals surface area contributed by atoms with Gasteiger partial charge in [-0.3, -0.25) is 0 Å². The fraction of sp³-hybridized carbons (Fsp3) is 0.200. The zero-order valence-corrected chi connectivity index (χ0v) is 11.4. The van der Waals surface area contributed by atoms with Crippen molar-refractivity contribution in [3.63, 3.8) is 0 Å². The lowest BCUT2D eigenvalue weighted by Crippen LogP contribution is -2.06. The summed E-state index contributed by atoms with van der Waals surface area (Å²) in [6.07, 6.45) is -4.37. The highest BCUT2D eigenvalue weighted by molar-refractivity contribution is 6.22. The van der Waals surface area contributed by atoms with E-state index in [1.807, 2.05) is 0 Å². The van der Waals surface area contributed by atoms with Crippen LogP contribution in [0.2, 0.25) is 0 Å². The maximum atomic E-state index is 12.7. The van der Waals surface area contributed by atoms with Gasteiger partial charge in [-0.25, -0.2) is 0 Å². The number of halogens is 4. The van der Waals surface area contributed by atoms with Gasteiger partial charge in [0.15, 0.2) is 0 Å². The van der Waals surface area contributed by atoms with Gasteiger partial charge in [0.1, 0.15) is 5.75 Å². The van der Waals surface area contributed by atoms with Crippen molar-refractivity contribution in [3.05, 3.63) is 65.2 Å². The Bertz CT molecular complexity index is 578. The molecule has 1 unspecified atom stereocenters. The molecular formula is C15H12ClF3O. The smallest absolute Gasteiger partial charge is 0.416 e. The molecule has 0 amide bonds. The quantitative estimate of drug-likeness (QED) is 0.721. The Morgan fingerprint density at radius 1 is 1.00 bits per heavy atom. The maximum absolute atomic E-state index is 12.7. The van der Waals surface area contributed by atoms with Crippen LogP contribution in [0, 0.1) is 0 Å². The van der Waals surface area contributed by atoms with Crippen LogP contribution in [-0.4, -0.2) is 7.11 Å². The molecule has 2 rings (SSSR count). The van der Waals surface area contributed by atoms with E-state index in [-0.39, 0.29) is 0 Å². The minimum atomic E-state index is -4.37. The zero-order valence-electron chi connectivity index (χ0n) is 10.6. The topological polar surface area (TPSA) is 9.23 Å². The van der Waals surface area contributed by atoms with Crippen LogP contribution in [0.15, 0.2) is 48.5 Å². The molecule has 0 radical (unpaired) electrons. The molecule has 1 nitrogen and oxygen atoms in total. The Morgan fingerprint density at radius 2 is 1.65 bits per heavy atom. The van der Waals surface area contributed by atoms with Crippen molar-refractivity contribution in [2.24, 2.45) is 0 Å². The third-order valence-electron chi connectivity index (χ3n) is 2.92. The molecule has 0 N–H and O–H groups in total. The maximum Gasteiger partial charge on any atom is 0.416 e. The number of rotatable bonds is 3. The summed E-state index contributed by atoms with van der Waals surface area (Å²) in [4.78, 5) is 0. The number of hydrogen-bond acceptors (Lipinski definition) is 1. The van der Waals surface area contributed by atoms with Crippen LogP contribution in [0.5, 0.6) is 5.75 Å². The largest absolute Gasteiger partial charge is 0.497 e. The standard InChI is InChI=1S/C15H12ClF3O/c1-20-13-7-5-10(6-8-13)14(16)11-3-2-4-12(9-11)15(17,18)19/h2-9,14H,1H3. The molecule has 0 spiro atoms. The van der Waals surface area contributed by atoms with Crippen molar-refractivity contribution >= 4 is 11.6 Å². The third kappa shape index (κ3) is 3.25. The van der Waals surface area contributed by atoms with Crippen LogP contribution >= 0.6 is 11.6 Å². The molecule has 0 saturated heterocycles. The molecule has 20 heavy (non-hydrogen) atoms. The molecule has 0 fully saturated rings. The fourth-order valence-corrected chi connectivity index (χ4v) is 2.12. The summed E-state index contributed by atoms with van der Waals surface area (Å²) in [5, 5.41) is -0.636. The van der Waals surface area contributed by atoms with E-state index >= 15 is 0 Å². The Labute approximate surface area is 119 Å². The first-order chi connectivity index (χ1) is 9.41. The molecule has 106 valence electrons. The van der Waals surface area contributed by atoms with Gasteiger partial charge >= 0.3 is 6.18 Å². The van der Waals surface area contributed by atoms with E-state index < -0.39 is 17.1 Å². The van der Waals surface area contributed by atoms with Gasteiger partial charge in [0.25, 0.3) is 0 Å². The van der Waals surface area contributed by atoms with Crippen molar-refractivity contribution < 1.29 is 17.9 Å². The minimum Gasteiger partial charge on any atom is -0.497 e. The van der Waals surface area contributed by atoms with Gasteiger partial charge in [-0.05, 0) is 35.4 Å². The molecule has 0 aliphatic carbocycles. The fourth-order valence-electron chi connectivity index (χ4n) is 1.84. The van der Waals surface area contributed by atoms with Gasteiger partial charge in [0, 0.05) is 0 Å². The number of ether oxygens (including phenoxy) is 1. The van der Waals surface area contributed by atoms with Crippen molar-refractivity contribution in [1.82, 2.24) is 0 Å². The highest BCUT2D eigenvalue weighted by Crippen LogP contribution is 2.34. The summed E-state index contributed by atoms with van der Waals surface area (Å²) in [6, 6.07) is 11.9. The van der Waals surface area contributed by atoms with Gasteiger partial charge in [-0.2, -0.15) is 13.2 Å². The van der Waals surface area contributed by atoms with Crippen LogP contribution in [0.3, 0.4) is 0 Å². The van der Waals surface area contributed by atoms with Gasteiger partial charge in [-0.1, -0.05) is 24.3 Å². The van der Waals surface area contributed by atoms with E-state index in [4.69, 9.17) is 16.3 Å². The molecule has 5 heteroatoms. The van der Waals surface area contributed by atoms with Crippen LogP contribution in [-0.2, 0) is 6.18 Å². The Kier molecular flexibility index (Phi) is 4.23. The normalized spacial score (nSPS) is 13.1. The summed E-state index contributed by atoms with van der Waals surface area (Å²) < 4.78 is 43.0. The predicted octanol–water partition coefficient (Wildman–Crippen LogP) is 5.04. The lowest BCUT2D eigenvalue weighted by molar-refractivity contribution is -0.137. The summed E-state index contributed by atoms with van der Waals surface area (Å²) in [7, 11) is 1.54. The second-order valence-corrected chi connectivity index (χ2v) is 4.70. The van der Waals surface area contributed by atoms with Crippen LogP contribution in [0.1, 0.15) is 22.1 Å². The number of methoxy groups -OCH3 is 1. The first kappa shape index (κ1) is 14.7. The second kappa shape index (κ2) is 5.75. The molecule has 2 aromatic carbocycles. The van der Waals surface area contributed by atoms with Gasteiger partial charge < -0.3 is 4.74 Å². The van der Waals surface area contributed by atoms with Gasteiger partial charge in [-0.15, -0.1) is 11.6 Å². The summed E-state index contributed by atoms with van der Waals surface area (Å²) in [5.74, 6) is 0.668. The molecule has 0 bridgehead atoms. The minimum absolute atomic E-state index is 0.409. The molecule has 2 aromatic rings. The van der Waals surface area contributed by atoms with Crippen molar-refractivity contribution in [2.45, 2.75) is 11.6 Å². The van der Waals surface area contributed by atoms with E-state index in [1.54, 1.807) is 37.4 Å². The molecule has 0 aromatic heterocycles. The van der Waals surface area contributed by atoms with E-state index in [0.29, 0.717) is 16.9 Å². The second-order valence-electron chi connectivity index (χ2n) is 4.26. The van der Waals surface area contributed by atoms with E-state index in [0.717, 1.165) is 12.1 Å². The molecule has 1 atom stereocenters. The van der Waals surface area contributed by atoms with Gasteiger partial charge in [0.2, 0.25) is 0 Å². The Morgan fingerprint density at radius 3 is 2.20 bits per heavy atom. The third-order valence-corrected chi connectivity index (χ3v) is 3.42. The van der Waals surface area contributed by atoms with E-state index in [1.165, 1.54) is 6.07 Å². The zero-order chi connectivity index (χ0) is 14.8. The lowest BCUT2D eigenvalue weighted by atomic mass is 10.0. The average Bonchev–Trinajstić information content (AvgIpc) is 2.46. The van der Waals surface area contributed by atoms with E-state index in [2.05, 4.69) is 0 Å². The molecule has 0 heterocycles. The molecular weight excluding hydrogens is 289 g/mol. The Balaban J connectivity index is 2.30. The average molecular weight is 301 g/mol. The SMILES string of the molecule is COc1ccc(C(Cl)c2cccc(C(F)(F)F)c2)cc1. The summed E-state index contributed by atoms with van der Waals surface area (Å²) in [5.41, 5.74) is 0.424. The summed E-state index contributed by atoms with van der Waals surface area (Å²) >= 11 is 6.24. The first-order valence-corrected chi connectivity index (χ1v) is 6.30. The van der Waals surface area contributed by atoms with E-state index in [9.17, 15) is 13.2 Å². The predicted molar refractivity (Wildman–Crippen MR) is 72.1 cm³/mol. The lowest BCUT2D eigenvalue weighted by Gasteiger charge is -2.13. The van der Waals surface area contributed by atoms with Crippen LogP contribution in [0.4, 0.5) is 13.2 Å². The number of alkyl halides is 4. The molecule has 0 saturated carbocycles. The highest BCUT2D eigenvalue weighted by Gasteiger charge is 2.30. The van der Waals surface area contributed by atoms with Crippen LogP contribution in [0.25, 0.3) is 0 Å². The number of benzene rings is 2. The van der Waals surface area contributed by atoms with Crippen molar-refractivity contribution in [1.29, 1.82) is 0 Å². The first-order valence-electron chi connectivity index (χ1n) is 5.87. The highest BCUT2D eigenvalue weighted by atomic mass is 35.5. The summed E-state index contributed by atoms with van der Waals surface area (Å²) in [6.45, 7) is 0. The van der Waals surface area contributed by atoms with Gasteiger partial charge in [0.05, 0.1) is 18.1 Å².